The highest BCUT2D eigenvalue weighted by Gasteiger charge is 2.34. The number of aryl methyl sites for hydroxylation is 1. The van der Waals surface area contributed by atoms with Gasteiger partial charge < -0.3 is 9.80 Å². The van der Waals surface area contributed by atoms with E-state index in [0.29, 0.717) is 23.8 Å². The maximum Gasteiger partial charge on any atom is 0.256 e. The van der Waals surface area contributed by atoms with Gasteiger partial charge in [-0.25, -0.2) is 17.9 Å². The summed E-state index contributed by atoms with van der Waals surface area (Å²) >= 11 is 6.19. The van der Waals surface area contributed by atoms with Crippen LogP contribution in [0.3, 0.4) is 0 Å². The van der Waals surface area contributed by atoms with Crippen molar-refractivity contribution in [2.75, 3.05) is 35.5 Å². The van der Waals surface area contributed by atoms with Gasteiger partial charge in [-0.1, -0.05) is 18.5 Å². The number of carbonyl (C=O) groups excluding carboxylic acids is 1. The van der Waals surface area contributed by atoms with Crippen LogP contribution in [0.15, 0.2) is 30.5 Å². The van der Waals surface area contributed by atoms with E-state index in [0.717, 1.165) is 49.1 Å². The van der Waals surface area contributed by atoms with Gasteiger partial charge in [0.25, 0.3) is 5.91 Å². The Bertz CT molecular complexity index is 1550. The van der Waals surface area contributed by atoms with Crippen molar-refractivity contribution < 1.29 is 13.2 Å². The monoisotopic (exact) mass is 555 g/mol. The number of amides is 1. The number of carbonyl (C=O) groups is 1. The first-order valence-electron chi connectivity index (χ1n) is 12.6. The van der Waals surface area contributed by atoms with Crippen LogP contribution in [0.4, 0.5) is 11.5 Å². The molecule has 3 aromatic rings. The average molecular weight is 556 g/mol. The molecule has 0 aliphatic carbocycles. The van der Waals surface area contributed by atoms with Gasteiger partial charge in [-0.05, 0) is 50.3 Å². The van der Waals surface area contributed by atoms with Crippen molar-refractivity contribution >= 4 is 44.7 Å². The first-order valence-corrected chi connectivity index (χ1v) is 14.9. The predicted molar refractivity (Wildman–Crippen MR) is 146 cm³/mol. The fourth-order valence-electron chi connectivity index (χ4n) is 5.43. The third kappa shape index (κ3) is 5.15. The molecular formula is C26H30ClN7O3S. The first-order chi connectivity index (χ1) is 18.0. The lowest BCUT2D eigenvalue weighted by Crippen LogP contribution is -2.39. The number of anilines is 2. The molecule has 2 aromatic heterocycles. The molecule has 4 heterocycles. The second kappa shape index (κ2) is 10.1. The summed E-state index contributed by atoms with van der Waals surface area (Å²) < 4.78 is 28.0. The van der Waals surface area contributed by atoms with Crippen LogP contribution in [0.5, 0.6) is 0 Å². The van der Waals surface area contributed by atoms with E-state index in [1.807, 2.05) is 19.2 Å². The van der Waals surface area contributed by atoms with Crippen molar-refractivity contribution in [1.29, 1.82) is 5.26 Å². The molecule has 2 fully saturated rings. The Labute approximate surface area is 227 Å². The number of sulfonamides is 1. The minimum atomic E-state index is -3.59. The van der Waals surface area contributed by atoms with E-state index < -0.39 is 10.0 Å². The smallest absolute Gasteiger partial charge is 0.256 e. The molecule has 0 bridgehead atoms. The standard InChI is InChI=1S/C26H30ClN7O3S/c1-16-13-32(15-18(16)12-28)25-17(2)14-34-24(29-25)11-22(30-34)23-6-4-5-9-33(23)26(35)20-10-19(27)7-8-21(20)31-38(3,36)37/h7-8,10-11,14,16,18,23,31H,4-6,9,13,15H2,1-3H3/t16-,18-,23-/m0/s1. The summed E-state index contributed by atoms with van der Waals surface area (Å²) in [5.74, 6) is 0.788. The number of hydrogen-bond acceptors (Lipinski definition) is 7. The van der Waals surface area contributed by atoms with Gasteiger partial charge >= 0.3 is 0 Å². The molecule has 200 valence electrons. The highest BCUT2D eigenvalue weighted by atomic mass is 35.5. The molecule has 3 atom stereocenters. The topological polar surface area (TPSA) is 124 Å². The quantitative estimate of drug-likeness (QED) is 0.504. The van der Waals surface area contributed by atoms with Gasteiger partial charge in [0, 0.05) is 42.5 Å². The molecule has 1 N–H and O–H groups in total. The zero-order valence-corrected chi connectivity index (χ0v) is 23.1. The number of rotatable bonds is 5. The van der Waals surface area contributed by atoms with E-state index in [2.05, 4.69) is 22.6 Å². The van der Waals surface area contributed by atoms with E-state index in [-0.39, 0.29) is 35.0 Å². The Morgan fingerprint density at radius 2 is 2.03 bits per heavy atom. The summed E-state index contributed by atoms with van der Waals surface area (Å²) in [5.41, 5.74) is 2.76. The van der Waals surface area contributed by atoms with E-state index >= 15 is 0 Å². The molecule has 0 saturated carbocycles. The van der Waals surface area contributed by atoms with Gasteiger partial charge in [0.1, 0.15) is 5.82 Å². The molecule has 12 heteroatoms. The second-order valence-corrected chi connectivity index (χ2v) is 12.5. The number of piperidine rings is 1. The van der Waals surface area contributed by atoms with Crippen molar-refractivity contribution in [3.05, 3.63) is 52.3 Å². The maximum absolute atomic E-state index is 13.8. The van der Waals surface area contributed by atoms with E-state index in [1.54, 1.807) is 15.5 Å². The van der Waals surface area contributed by atoms with Gasteiger partial charge in [0.15, 0.2) is 5.65 Å². The maximum atomic E-state index is 13.8. The minimum absolute atomic E-state index is 0.0247. The van der Waals surface area contributed by atoms with Gasteiger partial charge in [0.2, 0.25) is 10.0 Å². The molecule has 1 amide bonds. The molecule has 2 aliphatic heterocycles. The molecule has 1 aromatic carbocycles. The first kappa shape index (κ1) is 26.3. The molecule has 38 heavy (non-hydrogen) atoms. The predicted octanol–water partition coefficient (Wildman–Crippen LogP) is 4.03. The Hall–Kier alpha value is -3.36. The number of aromatic nitrogens is 3. The minimum Gasteiger partial charge on any atom is -0.355 e. The van der Waals surface area contributed by atoms with Crippen molar-refractivity contribution in [1.82, 2.24) is 19.5 Å². The van der Waals surface area contributed by atoms with Crippen LogP contribution in [0, 0.1) is 30.1 Å². The number of benzene rings is 1. The van der Waals surface area contributed by atoms with Crippen LogP contribution >= 0.6 is 11.6 Å². The van der Waals surface area contributed by atoms with Gasteiger partial charge in [-0.2, -0.15) is 10.4 Å². The fourth-order valence-corrected chi connectivity index (χ4v) is 6.18. The SMILES string of the molecule is Cc1cn2nc([C@@H]3CCCCN3C(=O)c3cc(Cl)ccc3NS(C)(=O)=O)cc2nc1N1C[C@H](C)[C@@H](C#N)C1. The summed E-state index contributed by atoms with van der Waals surface area (Å²) in [6.07, 6.45) is 5.48. The number of nitrogens with zero attached hydrogens (tertiary/aromatic N) is 6. The Morgan fingerprint density at radius 3 is 2.74 bits per heavy atom. The van der Waals surface area contributed by atoms with Crippen LogP contribution in [0.2, 0.25) is 5.02 Å². The number of hydrogen-bond donors (Lipinski definition) is 1. The largest absolute Gasteiger partial charge is 0.355 e. The molecule has 2 saturated heterocycles. The summed E-state index contributed by atoms with van der Waals surface area (Å²) in [6.45, 7) is 6.01. The van der Waals surface area contributed by atoms with Crippen molar-refractivity contribution in [3.8, 4) is 6.07 Å². The summed E-state index contributed by atoms with van der Waals surface area (Å²) in [5, 5.41) is 14.6. The normalized spacial score (nSPS) is 22.0. The molecule has 10 nitrogen and oxygen atoms in total. The van der Waals surface area contributed by atoms with Crippen LogP contribution < -0.4 is 9.62 Å². The lowest BCUT2D eigenvalue weighted by molar-refractivity contribution is 0.0607. The highest BCUT2D eigenvalue weighted by molar-refractivity contribution is 7.92. The van der Waals surface area contributed by atoms with Gasteiger partial charge in [-0.15, -0.1) is 0 Å². The second-order valence-electron chi connectivity index (χ2n) is 10.3. The molecule has 5 rings (SSSR count). The van der Waals surface area contributed by atoms with E-state index in [1.165, 1.54) is 12.1 Å². The van der Waals surface area contributed by atoms with Crippen LogP contribution in [-0.4, -0.2) is 59.7 Å². The van der Waals surface area contributed by atoms with Gasteiger partial charge in [-0.3, -0.25) is 9.52 Å². The average Bonchev–Trinajstić information content (AvgIpc) is 3.45. The molecule has 0 unspecified atom stereocenters. The third-order valence-corrected chi connectivity index (χ3v) is 8.14. The van der Waals surface area contributed by atoms with Crippen molar-refractivity contribution in [3.63, 3.8) is 0 Å². The van der Waals surface area contributed by atoms with Crippen LogP contribution in [-0.2, 0) is 10.0 Å². The van der Waals surface area contributed by atoms with Gasteiger partial charge in [0.05, 0.1) is 41.2 Å². The number of fused-ring (bicyclic) bond motifs is 1. The number of nitriles is 1. The zero-order valence-electron chi connectivity index (χ0n) is 21.6. The Morgan fingerprint density at radius 1 is 1.24 bits per heavy atom. The molecular weight excluding hydrogens is 526 g/mol. The Balaban J connectivity index is 1.48. The zero-order chi connectivity index (χ0) is 27.2. The molecule has 2 aliphatic rings. The number of nitrogens with one attached hydrogen (secondary N) is 1. The summed E-state index contributed by atoms with van der Waals surface area (Å²) in [7, 11) is -3.59. The van der Waals surface area contributed by atoms with Crippen LogP contribution in [0.25, 0.3) is 5.65 Å². The lowest BCUT2D eigenvalue weighted by atomic mass is 9.98. The Kier molecular flexibility index (Phi) is 6.96. The molecule has 0 radical (unpaired) electrons. The fraction of sp³-hybridized carbons (Fsp3) is 0.462. The summed E-state index contributed by atoms with van der Waals surface area (Å²) in [6, 6.07) is 8.56. The van der Waals surface area contributed by atoms with Crippen LogP contribution in [0.1, 0.15) is 53.8 Å². The third-order valence-electron chi connectivity index (χ3n) is 7.31. The number of halogens is 1. The highest BCUT2D eigenvalue weighted by Crippen LogP contribution is 2.35. The lowest BCUT2D eigenvalue weighted by Gasteiger charge is -2.35. The van der Waals surface area contributed by atoms with E-state index in [4.69, 9.17) is 21.7 Å². The summed E-state index contributed by atoms with van der Waals surface area (Å²) in [4.78, 5) is 22.6. The van der Waals surface area contributed by atoms with Crippen molar-refractivity contribution in [2.24, 2.45) is 11.8 Å². The molecule has 0 spiro atoms. The van der Waals surface area contributed by atoms with Crippen molar-refractivity contribution in [2.45, 2.75) is 39.2 Å². The number of likely N-dealkylation sites (tertiary alicyclic amines) is 1. The van der Waals surface area contributed by atoms with E-state index in [9.17, 15) is 18.5 Å².